The van der Waals surface area contributed by atoms with Crippen LogP contribution in [0.25, 0.3) is 0 Å². The van der Waals surface area contributed by atoms with Crippen LogP contribution >= 0.6 is 11.8 Å². The van der Waals surface area contributed by atoms with E-state index in [2.05, 4.69) is 15.5 Å². The van der Waals surface area contributed by atoms with Crippen molar-refractivity contribution in [1.82, 2.24) is 20.4 Å². The lowest BCUT2D eigenvalue weighted by molar-refractivity contribution is -0.134. The molecule has 4 rings (SSSR count). The third-order valence-corrected chi connectivity index (χ3v) is 7.23. The van der Waals surface area contributed by atoms with E-state index in [4.69, 9.17) is 4.42 Å². The van der Waals surface area contributed by atoms with Gasteiger partial charge in [0.1, 0.15) is 6.54 Å². The summed E-state index contributed by atoms with van der Waals surface area (Å²) in [5.74, 6) is -0.589. The Morgan fingerprint density at radius 2 is 1.86 bits per heavy atom. The van der Waals surface area contributed by atoms with Gasteiger partial charge < -0.3 is 14.6 Å². The number of aryl methyl sites for hydroxylation is 1. The van der Waals surface area contributed by atoms with Gasteiger partial charge in [0.05, 0.1) is 23.6 Å². The zero-order valence-corrected chi connectivity index (χ0v) is 21.5. The Labute approximate surface area is 214 Å². The van der Waals surface area contributed by atoms with Crippen molar-refractivity contribution in [3.8, 4) is 0 Å². The number of nitrogens with zero attached hydrogens (tertiary/aromatic N) is 3. The van der Waals surface area contributed by atoms with E-state index in [1.165, 1.54) is 11.8 Å². The largest absolute Gasteiger partial charge is 0.418 e. The first-order valence-corrected chi connectivity index (χ1v) is 13.0. The molecule has 0 spiro atoms. The molecule has 188 valence electrons. The predicted molar refractivity (Wildman–Crippen MR) is 137 cm³/mol. The van der Waals surface area contributed by atoms with E-state index < -0.39 is 17.7 Å². The summed E-state index contributed by atoms with van der Waals surface area (Å²) in [6, 6.07) is 16.9. The number of hydrogen-bond acceptors (Lipinski definition) is 7. The molecule has 0 bridgehead atoms. The molecule has 1 fully saturated rings. The van der Waals surface area contributed by atoms with E-state index in [1.54, 1.807) is 4.90 Å². The Kier molecular flexibility index (Phi) is 8.20. The van der Waals surface area contributed by atoms with Crippen LogP contribution in [0.1, 0.15) is 47.1 Å². The topological polar surface area (TPSA) is 105 Å². The fraction of sp³-hybridized carbons (Fsp3) is 0.370. The molecule has 36 heavy (non-hydrogen) atoms. The number of rotatable bonds is 10. The number of nitrogens with one attached hydrogen (secondary N) is 1. The zero-order chi connectivity index (χ0) is 25.7. The molecule has 2 unspecified atom stereocenters. The molecule has 2 amide bonds. The first-order valence-electron chi connectivity index (χ1n) is 12.0. The second-order valence-electron chi connectivity index (χ2n) is 9.30. The lowest BCUT2D eigenvalue weighted by atomic mass is 9.99. The number of carbonyl (C=O) groups is 3. The smallest absolute Gasteiger partial charge is 0.286 e. The van der Waals surface area contributed by atoms with Crippen LogP contribution in [0, 0.1) is 12.8 Å². The number of carbonyl (C=O) groups excluding carboxylic acids is 3. The van der Waals surface area contributed by atoms with Crippen LogP contribution in [0.3, 0.4) is 0 Å². The highest BCUT2D eigenvalue weighted by molar-refractivity contribution is 8.01. The first-order chi connectivity index (χ1) is 17.3. The number of amides is 2. The first kappa shape index (κ1) is 25.6. The van der Waals surface area contributed by atoms with E-state index in [9.17, 15) is 14.4 Å². The normalized spacial score (nSPS) is 16.4. The summed E-state index contributed by atoms with van der Waals surface area (Å²) >= 11 is 1.52. The summed E-state index contributed by atoms with van der Waals surface area (Å²) in [6.07, 6.45) is 1.07. The second kappa shape index (κ2) is 11.5. The summed E-state index contributed by atoms with van der Waals surface area (Å²) in [5, 5.41) is 10.6. The molecule has 0 saturated carbocycles. The minimum absolute atomic E-state index is 0.0822. The van der Waals surface area contributed by atoms with Gasteiger partial charge in [-0.15, -0.1) is 22.0 Å². The van der Waals surface area contributed by atoms with Crippen molar-refractivity contribution in [2.24, 2.45) is 5.92 Å². The van der Waals surface area contributed by atoms with E-state index in [0.29, 0.717) is 24.5 Å². The lowest BCUT2D eigenvalue weighted by Crippen LogP contribution is -2.49. The molecule has 2 aromatic carbocycles. The Hall–Kier alpha value is -3.46. The minimum atomic E-state index is -0.845. The molecule has 1 aliphatic heterocycles. The molecule has 1 saturated heterocycles. The van der Waals surface area contributed by atoms with Gasteiger partial charge in [0.25, 0.3) is 5.89 Å². The molecule has 9 heteroatoms. The predicted octanol–water partition coefficient (Wildman–Crippen LogP) is 3.44. The highest BCUT2D eigenvalue weighted by Gasteiger charge is 2.35. The number of Topliss-reactive ketones (excluding diaryl/α,β-unsaturated/α-hetero) is 1. The molecule has 1 N–H and O–H groups in total. The van der Waals surface area contributed by atoms with Gasteiger partial charge in [0.15, 0.2) is 0 Å². The van der Waals surface area contributed by atoms with E-state index in [1.807, 2.05) is 75.4 Å². The van der Waals surface area contributed by atoms with Crippen molar-refractivity contribution in [2.45, 2.75) is 45.0 Å². The van der Waals surface area contributed by atoms with Gasteiger partial charge in [0, 0.05) is 6.42 Å². The molecule has 2 atom stereocenters. The molecular formula is C27H30N4O4S. The van der Waals surface area contributed by atoms with Crippen LogP contribution in [0.4, 0.5) is 0 Å². The fourth-order valence-corrected chi connectivity index (χ4v) is 5.32. The minimum Gasteiger partial charge on any atom is -0.418 e. The van der Waals surface area contributed by atoms with Crippen LogP contribution in [-0.2, 0) is 22.4 Å². The SMILES string of the molecule is Cc1cccc(Cc2nnc(C(=O)C(NC(=O)CN3C(=O)CSC3Cc3ccccc3)C(C)C)o2)c1. The number of hydrogen-bond donors (Lipinski definition) is 1. The van der Waals surface area contributed by atoms with Gasteiger partial charge >= 0.3 is 0 Å². The number of aromatic nitrogens is 2. The molecular weight excluding hydrogens is 476 g/mol. The quantitative estimate of drug-likeness (QED) is 0.420. The van der Waals surface area contributed by atoms with Crippen molar-refractivity contribution in [1.29, 1.82) is 0 Å². The third kappa shape index (κ3) is 6.40. The summed E-state index contributed by atoms with van der Waals surface area (Å²) < 4.78 is 5.64. The molecule has 3 aromatic rings. The Bertz CT molecular complexity index is 1230. The maximum atomic E-state index is 13.2. The fourth-order valence-electron chi connectivity index (χ4n) is 4.14. The lowest BCUT2D eigenvalue weighted by Gasteiger charge is -2.25. The second-order valence-corrected chi connectivity index (χ2v) is 10.5. The average Bonchev–Trinajstić information content (AvgIpc) is 3.45. The standard InChI is InChI=1S/C27H30N4O4S/c1-17(2)25(26(34)27-30-29-22(35-27)13-20-11-7-8-18(3)12-20)28-21(32)15-31-23(33)16-36-24(31)14-19-9-5-4-6-10-19/h4-12,17,24-25H,13-16H2,1-3H3,(H,28,32). The highest BCUT2D eigenvalue weighted by atomic mass is 32.2. The van der Waals surface area contributed by atoms with Crippen molar-refractivity contribution >= 4 is 29.4 Å². The molecule has 2 heterocycles. The van der Waals surface area contributed by atoms with Gasteiger partial charge in [-0.05, 0) is 24.0 Å². The van der Waals surface area contributed by atoms with Crippen molar-refractivity contribution in [3.63, 3.8) is 0 Å². The number of ketones is 1. The molecule has 1 aromatic heterocycles. The maximum Gasteiger partial charge on any atom is 0.286 e. The Balaban J connectivity index is 1.39. The van der Waals surface area contributed by atoms with Gasteiger partial charge in [-0.1, -0.05) is 74.0 Å². The van der Waals surface area contributed by atoms with Crippen LogP contribution < -0.4 is 5.32 Å². The molecule has 0 radical (unpaired) electrons. The average molecular weight is 507 g/mol. The van der Waals surface area contributed by atoms with E-state index >= 15 is 0 Å². The highest BCUT2D eigenvalue weighted by Crippen LogP contribution is 2.27. The summed E-state index contributed by atoms with van der Waals surface area (Å²) in [7, 11) is 0. The number of thioether (sulfide) groups is 1. The monoisotopic (exact) mass is 506 g/mol. The van der Waals surface area contributed by atoms with E-state index in [-0.39, 0.29) is 29.6 Å². The van der Waals surface area contributed by atoms with Crippen molar-refractivity contribution < 1.29 is 18.8 Å². The maximum absolute atomic E-state index is 13.2. The molecule has 8 nitrogen and oxygen atoms in total. The van der Waals surface area contributed by atoms with Gasteiger partial charge in [0.2, 0.25) is 23.5 Å². The van der Waals surface area contributed by atoms with Crippen LogP contribution in [0.15, 0.2) is 59.0 Å². The molecule has 0 aliphatic carbocycles. The number of benzene rings is 2. The zero-order valence-electron chi connectivity index (χ0n) is 20.6. The third-order valence-electron chi connectivity index (χ3n) is 6.02. The summed E-state index contributed by atoms with van der Waals surface area (Å²) in [5.41, 5.74) is 3.22. The van der Waals surface area contributed by atoms with Gasteiger partial charge in [-0.25, -0.2) is 0 Å². The summed E-state index contributed by atoms with van der Waals surface area (Å²) in [4.78, 5) is 40.2. The Morgan fingerprint density at radius 1 is 1.11 bits per heavy atom. The summed E-state index contributed by atoms with van der Waals surface area (Å²) in [6.45, 7) is 5.56. The van der Waals surface area contributed by atoms with Crippen molar-refractivity contribution in [2.75, 3.05) is 12.3 Å². The van der Waals surface area contributed by atoms with Crippen LogP contribution in [-0.4, -0.2) is 56.4 Å². The van der Waals surface area contributed by atoms with Gasteiger partial charge in [-0.2, -0.15) is 0 Å². The van der Waals surface area contributed by atoms with Gasteiger partial charge in [-0.3, -0.25) is 14.4 Å². The van der Waals surface area contributed by atoms with Crippen LogP contribution in [0.5, 0.6) is 0 Å². The van der Waals surface area contributed by atoms with E-state index in [0.717, 1.165) is 16.7 Å². The molecule has 1 aliphatic rings. The van der Waals surface area contributed by atoms with Crippen LogP contribution in [0.2, 0.25) is 0 Å². The Morgan fingerprint density at radius 3 is 2.58 bits per heavy atom. The van der Waals surface area contributed by atoms with Crippen molar-refractivity contribution in [3.05, 3.63) is 83.1 Å².